The van der Waals surface area contributed by atoms with Gasteiger partial charge in [0.25, 0.3) is 0 Å². The Morgan fingerprint density at radius 3 is 3.00 bits per heavy atom. The number of rotatable bonds is 5. The minimum atomic E-state index is 0.146. The summed E-state index contributed by atoms with van der Waals surface area (Å²) in [4.78, 5) is 6.09. The molecule has 0 saturated heterocycles. The van der Waals surface area contributed by atoms with Crippen molar-refractivity contribution < 1.29 is 5.11 Å². The molecule has 0 saturated carbocycles. The van der Waals surface area contributed by atoms with Gasteiger partial charge in [-0.25, -0.2) is 10.8 Å². The van der Waals surface area contributed by atoms with E-state index in [2.05, 4.69) is 15.3 Å². The number of nitrogens with two attached hydrogens (primary N) is 1. The fourth-order valence-electron chi connectivity index (χ4n) is 1.23. The van der Waals surface area contributed by atoms with Crippen LogP contribution in [0, 0.1) is 0 Å². The molecule has 1 atom stereocenters. The van der Waals surface area contributed by atoms with Crippen molar-refractivity contribution in [2.24, 2.45) is 5.84 Å². The third kappa shape index (κ3) is 3.47. The average molecular weight is 210 g/mol. The van der Waals surface area contributed by atoms with Gasteiger partial charge in [-0.2, -0.15) is 0 Å². The van der Waals surface area contributed by atoms with Crippen LogP contribution in [0.25, 0.3) is 0 Å². The number of hydrogen-bond donors (Lipinski definition) is 3. The SMILES string of the molecule is CC(CO)N(C)Cc1ccnc(NN)c1. The highest BCUT2D eigenvalue weighted by atomic mass is 16.3. The minimum Gasteiger partial charge on any atom is -0.395 e. The van der Waals surface area contributed by atoms with Gasteiger partial charge in [0.05, 0.1) is 6.61 Å². The zero-order valence-corrected chi connectivity index (χ0v) is 9.14. The summed E-state index contributed by atoms with van der Waals surface area (Å²) in [5.41, 5.74) is 3.62. The molecule has 0 amide bonds. The zero-order valence-electron chi connectivity index (χ0n) is 9.14. The normalized spacial score (nSPS) is 12.9. The van der Waals surface area contributed by atoms with Gasteiger partial charge in [-0.05, 0) is 31.7 Å². The molecule has 1 unspecified atom stereocenters. The Bertz CT molecular complexity index is 305. The van der Waals surface area contributed by atoms with Crippen LogP contribution in [0.3, 0.4) is 0 Å². The van der Waals surface area contributed by atoms with Gasteiger partial charge in [0.1, 0.15) is 5.82 Å². The lowest BCUT2D eigenvalue weighted by atomic mass is 10.2. The molecule has 15 heavy (non-hydrogen) atoms. The minimum absolute atomic E-state index is 0.146. The fourth-order valence-corrected chi connectivity index (χ4v) is 1.23. The molecule has 5 heteroatoms. The molecular weight excluding hydrogens is 192 g/mol. The molecule has 0 bridgehead atoms. The van der Waals surface area contributed by atoms with Crippen molar-refractivity contribution in [1.29, 1.82) is 0 Å². The third-order valence-electron chi connectivity index (χ3n) is 2.42. The lowest BCUT2D eigenvalue weighted by Gasteiger charge is -2.22. The molecule has 1 rings (SSSR count). The first-order valence-corrected chi connectivity index (χ1v) is 4.90. The molecule has 0 aliphatic rings. The number of hydrogen-bond acceptors (Lipinski definition) is 5. The number of nitrogens with zero attached hydrogens (tertiary/aromatic N) is 2. The predicted molar refractivity (Wildman–Crippen MR) is 60.1 cm³/mol. The first-order valence-electron chi connectivity index (χ1n) is 4.90. The Labute approximate surface area is 89.9 Å². The van der Waals surface area contributed by atoms with E-state index in [1.165, 1.54) is 0 Å². The van der Waals surface area contributed by atoms with Crippen molar-refractivity contribution in [3.63, 3.8) is 0 Å². The fraction of sp³-hybridized carbons (Fsp3) is 0.500. The van der Waals surface area contributed by atoms with E-state index >= 15 is 0 Å². The highest BCUT2D eigenvalue weighted by Crippen LogP contribution is 2.09. The molecule has 0 fully saturated rings. The van der Waals surface area contributed by atoms with Crippen LogP contribution in [-0.4, -0.2) is 34.7 Å². The highest BCUT2D eigenvalue weighted by Gasteiger charge is 2.08. The van der Waals surface area contributed by atoms with E-state index in [4.69, 9.17) is 10.9 Å². The lowest BCUT2D eigenvalue weighted by Crippen LogP contribution is -2.31. The molecule has 1 aromatic rings. The molecule has 1 heterocycles. The third-order valence-corrected chi connectivity index (χ3v) is 2.42. The Balaban J connectivity index is 2.63. The maximum atomic E-state index is 9.00. The summed E-state index contributed by atoms with van der Waals surface area (Å²) in [6.45, 7) is 2.89. The molecule has 0 radical (unpaired) electrons. The maximum Gasteiger partial charge on any atom is 0.140 e. The summed E-state index contributed by atoms with van der Waals surface area (Å²) < 4.78 is 0. The Morgan fingerprint density at radius 1 is 1.67 bits per heavy atom. The number of aliphatic hydroxyl groups excluding tert-OH is 1. The number of anilines is 1. The van der Waals surface area contributed by atoms with Gasteiger partial charge < -0.3 is 10.5 Å². The van der Waals surface area contributed by atoms with Crippen LogP contribution in [0.5, 0.6) is 0 Å². The van der Waals surface area contributed by atoms with Crippen molar-refractivity contribution in [2.75, 3.05) is 19.1 Å². The number of pyridine rings is 1. The topological polar surface area (TPSA) is 74.4 Å². The summed E-state index contributed by atoms with van der Waals surface area (Å²) in [5.74, 6) is 5.92. The van der Waals surface area contributed by atoms with Crippen LogP contribution < -0.4 is 11.3 Å². The molecule has 1 aromatic heterocycles. The zero-order chi connectivity index (χ0) is 11.3. The number of aromatic nitrogens is 1. The summed E-state index contributed by atoms with van der Waals surface area (Å²) in [6.07, 6.45) is 1.71. The number of aliphatic hydroxyl groups is 1. The van der Waals surface area contributed by atoms with Gasteiger partial charge >= 0.3 is 0 Å². The largest absolute Gasteiger partial charge is 0.395 e. The van der Waals surface area contributed by atoms with Gasteiger partial charge in [0.15, 0.2) is 0 Å². The van der Waals surface area contributed by atoms with Gasteiger partial charge in [-0.15, -0.1) is 0 Å². The molecule has 0 aliphatic heterocycles. The lowest BCUT2D eigenvalue weighted by molar-refractivity contribution is 0.154. The van der Waals surface area contributed by atoms with E-state index in [0.29, 0.717) is 5.82 Å². The van der Waals surface area contributed by atoms with Crippen molar-refractivity contribution >= 4 is 5.82 Å². The number of nitrogens with one attached hydrogen (secondary N) is 1. The van der Waals surface area contributed by atoms with Gasteiger partial charge in [-0.3, -0.25) is 4.90 Å². The van der Waals surface area contributed by atoms with Gasteiger partial charge in [0.2, 0.25) is 0 Å². The predicted octanol–water partition coefficient (Wildman–Crippen LogP) is 0.180. The van der Waals surface area contributed by atoms with E-state index in [-0.39, 0.29) is 12.6 Å². The van der Waals surface area contributed by atoms with Crippen molar-refractivity contribution in [3.05, 3.63) is 23.9 Å². The Morgan fingerprint density at radius 2 is 2.40 bits per heavy atom. The van der Waals surface area contributed by atoms with Crippen LogP contribution in [0.2, 0.25) is 0 Å². The van der Waals surface area contributed by atoms with Gasteiger partial charge in [-0.1, -0.05) is 0 Å². The van der Waals surface area contributed by atoms with Crippen molar-refractivity contribution in [1.82, 2.24) is 9.88 Å². The van der Waals surface area contributed by atoms with Crippen LogP contribution in [-0.2, 0) is 6.54 Å². The van der Waals surface area contributed by atoms with Crippen LogP contribution >= 0.6 is 0 Å². The summed E-state index contributed by atoms with van der Waals surface area (Å²) in [6, 6.07) is 3.97. The molecule has 5 nitrogen and oxygen atoms in total. The summed E-state index contributed by atoms with van der Waals surface area (Å²) in [7, 11) is 1.97. The van der Waals surface area contributed by atoms with Crippen LogP contribution in [0.1, 0.15) is 12.5 Å². The van der Waals surface area contributed by atoms with Crippen molar-refractivity contribution in [3.8, 4) is 0 Å². The summed E-state index contributed by atoms with van der Waals surface area (Å²) >= 11 is 0. The quantitative estimate of drug-likeness (QED) is 0.477. The van der Waals surface area contributed by atoms with E-state index in [9.17, 15) is 0 Å². The maximum absolute atomic E-state index is 9.00. The Hall–Kier alpha value is -1.17. The summed E-state index contributed by atoms with van der Waals surface area (Å²) in [5, 5.41) is 9.00. The number of hydrazine groups is 1. The second-order valence-corrected chi connectivity index (χ2v) is 3.64. The van der Waals surface area contributed by atoms with Crippen LogP contribution in [0.4, 0.5) is 5.82 Å². The molecule has 0 aliphatic carbocycles. The first-order chi connectivity index (χ1) is 7.17. The number of likely N-dealkylation sites (N-methyl/N-ethyl adjacent to an activating group) is 1. The van der Waals surface area contributed by atoms with Crippen molar-refractivity contribution in [2.45, 2.75) is 19.5 Å². The monoisotopic (exact) mass is 210 g/mol. The Kier molecular flexibility index (Phi) is 4.48. The molecular formula is C10H18N4O. The second kappa shape index (κ2) is 5.65. The van der Waals surface area contributed by atoms with E-state index in [1.54, 1.807) is 6.20 Å². The van der Waals surface area contributed by atoms with Gasteiger partial charge in [0, 0.05) is 18.8 Å². The average Bonchev–Trinajstić information content (AvgIpc) is 2.28. The molecule has 0 spiro atoms. The van der Waals surface area contributed by atoms with E-state index in [0.717, 1.165) is 12.1 Å². The van der Waals surface area contributed by atoms with Crippen LogP contribution in [0.15, 0.2) is 18.3 Å². The smallest absolute Gasteiger partial charge is 0.140 e. The second-order valence-electron chi connectivity index (χ2n) is 3.64. The first kappa shape index (κ1) is 11.9. The number of nitrogen functional groups attached to an aromatic ring is 1. The highest BCUT2D eigenvalue weighted by molar-refractivity contribution is 5.35. The molecule has 0 aromatic carbocycles. The van der Waals surface area contributed by atoms with E-state index in [1.807, 2.05) is 26.1 Å². The molecule has 84 valence electrons. The standard InChI is InChI=1S/C10H18N4O/c1-8(7-15)14(2)6-9-3-4-12-10(5-9)13-11/h3-5,8,15H,6-7,11H2,1-2H3,(H,12,13). The molecule has 4 N–H and O–H groups in total. The van der Waals surface area contributed by atoms with E-state index < -0.39 is 0 Å².